The SMILES string of the molecule is CC1CN(S(=O)(=O)O[C@@H]2C(=O)N(c3cc4c5ccccc5ccc4c4ccccc34)C2c2ccc(F)cn2)C1. The summed E-state index contributed by atoms with van der Waals surface area (Å²) in [5.74, 6) is -0.795. The monoisotopic (exact) mass is 541 g/mol. The molecule has 0 radical (unpaired) electrons. The second-order valence-electron chi connectivity index (χ2n) is 10.3. The van der Waals surface area contributed by atoms with Crippen molar-refractivity contribution in [3.63, 3.8) is 0 Å². The van der Waals surface area contributed by atoms with E-state index >= 15 is 0 Å². The van der Waals surface area contributed by atoms with E-state index in [1.807, 2.05) is 61.5 Å². The molecule has 0 saturated carbocycles. The van der Waals surface area contributed by atoms with Gasteiger partial charge in [0.25, 0.3) is 5.91 Å². The Kier molecular flexibility index (Phi) is 5.45. The molecule has 1 amide bonds. The van der Waals surface area contributed by atoms with E-state index in [4.69, 9.17) is 4.18 Å². The Balaban J connectivity index is 1.40. The Morgan fingerprint density at radius 1 is 0.872 bits per heavy atom. The van der Waals surface area contributed by atoms with E-state index in [0.29, 0.717) is 24.5 Å². The van der Waals surface area contributed by atoms with Gasteiger partial charge in [-0.2, -0.15) is 12.7 Å². The van der Waals surface area contributed by atoms with Gasteiger partial charge in [0.15, 0.2) is 6.10 Å². The third-order valence-corrected chi connectivity index (χ3v) is 9.06. The first-order valence-electron chi connectivity index (χ1n) is 12.8. The van der Waals surface area contributed by atoms with Crippen LogP contribution in [0.2, 0.25) is 0 Å². The number of hydrogen-bond acceptors (Lipinski definition) is 5. The summed E-state index contributed by atoms with van der Waals surface area (Å²) in [7, 11) is -4.13. The molecule has 2 aliphatic rings. The number of β-lactam (4-membered cyclic amide) rings is 1. The zero-order valence-electron chi connectivity index (χ0n) is 21.0. The van der Waals surface area contributed by atoms with Gasteiger partial charge in [0.1, 0.15) is 11.9 Å². The maximum absolute atomic E-state index is 13.8. The molecule has 2 atom stereocenters. The molecule has 2 aliphatic heterocycles. The second kappa shape index (κ2) is 8.81. The van der Waals surface area contributed by atoms with E-state index in [-0.39, 0.29) is 5.92 Å². The number of nitrogens with zero attached hydrogens (tertiary/aromatic N) is 3. The first kappa shape index (κ1) is 24.1. The highest BCUT2D eigenvalue weighted by atomic mass is 32.2. The lowest BCUT2D eigenvalue weighted by atomic mass is 9.90. The summed E-state index contributed by atoms with van der Waals surface area (Å²) in [6.45, 7) is 2.63. The second-order valence-corrected chi connectivity index (χ2v) is 11.8. The Morgan fingerprint density at radius 3 is 2.28 bits per heavy atom. The lowest BCUT2D eigenvalue weighted by Gasteiger charge is -2.47. The van der Waals surface area contributed by atoms with Gasteiger partial charge >= 0.3 is 10.3 Å². The van der Waals surface area contributed by atoms with Gasteiger partial charge in [-0.15, -0.1) is 0 Å². The molecule has 3 heterocycles. The normalized spacial score (nSPS) is 20.5. The number of hydrogen-bond donors (Lipinski definition) is 0. The molecule has 0 spiro atoms. The smallest absolute Gasteiger partial charge is 0.297 e. The summed E-state index contributed by atoms with van der Waals surface area (Å²) in [5, 5.41) is 5.90. The van der Waals surface area contributed by atoms with Crippen molar-refractivity contribution in [1.29, 1.82) is 0 Å². The van der Waals surface area contributed by atoms with Crippen LogP contribution in [0.25, 0.3) is 32.3 Å². The Hall–Kier alpha value is -3.92. The summed E-state index contributed by atoms with van der Waals surface area (Å²) in [6, 6.07) is 23.8. The van der Waals surface area contributed by atoms with E-state index in [1.165, 1.54) is 21.3 Å². The number of aromatic nitrogens is 1. The number of amides is 1. The van der Waals surface area contributed by atoms with Gasteiger partial charge in [-0.05, 0) is 51.0 Å². The van der Waals surface area contributed by atoms with E-state index in [1.54, 1.807) is 0 Å². The average molecular weight is 542 g/mol. The zero-order chi connectivity index (χ0) is 26.9. The van der Waals surface area contributed by atoms with Crippen molar-refractivity contribution < 1.29 is 21.8 Å². The van der Waals surface area contributed by atoms with Crippen LogP contribution in [0.1, 0.15) is 18.7 Å². The molecule has 39 heavy (non-hydrogen) atoms. The first-order valence-corrected chi connectivity index (χ1v) is 14.1. The first-order chi connectivity index (χ1) is 18.8. The molecule has 2 saturated heterocycles. The lowest BCUT2D eigenvalue weighted by molar-refractivity contribution is -0.135. The Morgan fingerprint density at radius 2 is 1.56 bits per heavy atom. The maximum Gasteiger partial charge on any atom is 0.339 e. The summed E-state index contributed by atoms with van der Waals surface area (Å²) in [5.41, 5.74) is 0.959. The fraction of sp³-hybridized carbons (Fsp3) is 0.200. The van der Waals surface area contributed by atoms with Crippen LogP contribution >= 0.6 is 0 Å². The highest BCUT2D eigenvalue weighted by molar-refractivity contribution is 7.84. The topological polar surface area (TPSA) is 79.8 Å². The number of anilines is 1. The van der Waals surface area contributed by atoms with E-state index in [0.717, 1.165) is 38.5 Å². The van der Waals surface area contributed by atoms with Crippen LogP contribution in [-0.4, -0.2) is 42.8 Å². The number of fused-ring (bicyclic) bond motifs is 5. The van der Waals surface area contributed by atoms with Crippen LogP contribution in [0.4, 0.5) is 10.1 Å². The van der Waals surface area contributed by atoms with Crippen molar-refractivity contribution in [2.45, 2.75) is 19.1 Å². The van der Waals surface area contributed by atoms with Crippen LogP contribution < -0.4 is 4.90 Å². The average Bonchev–Trinajstić information content (AvgIpc) is 2.93. The largest absolute Gasteiger partial charge is 0.339 e. The molecule has 4 aromatic carbocycles. The minimum Gasteiger partial charge on any atom is -0.297 e. The highest BCUT2D eigenvalue weighted by Gasteiger charge is 2.54. The Labute approximate surface area is 224 Å². The molecule has 0 bridgehead atoms. The maximum atomic E-state index is 13.8. The third-order valence-electron chi connectivity index (χ3n) is 7.68. The van der Waals surface area contributed by atoms with Crippen molar-refractivity contribution in [2.75, 3.05) is 18.0 Å². The van der Waals surface area contributed by atoms with E-state index in [9.17, 15) is 17.6 Å². The van der Waals surface area contributed by atoms with Crippen LogP contribution in [-0.2, 0) is 19.3 Å². The molecular weight excluding hydrogens is 517 g/mol. The molecule has 0 aliphatic carbocycles. The number of benzene rings is 4. The fourth-order valence-corrected chi connectivity index (χ4v) is 7.18. The predicted octanol–water partition coefficient (Wildman–Crippen LogP) is 5.35. The summed E-state index contributed by atoms with van der Waals surface area (Å²) < 4.78 is 46.5. The molecule has 1 unspecified atom stereocenters. The fourth-order valence-electron chi connectivity index (χ4n) is 5.73. The number of halogens is 1. The molecular formula is C30H24FN3O4S. The minimum atomic E-state index is -4.13. The highest BCUT2D eigenvalue weighted by Crippen LogP contribution is 2.46. The van der Waals surface area contributed by atoms with Crippen molar-refractivity contribution in [3.05, 3.63) is 96.6 Å². The number of pyridine rings is 1. The van der Waals surface area contributed by atoms with Gasteiger partial charge in [-0.1, -0.05) is 67.6 Å². The molecule has 196 valence electrons. The van der Waals surface area contributed by atoms with E-state index < -0.39 is 34.2 Å². The van der Waals surface area contributed by atoms with Crippen LogP contribution in [0.15, 0.2) is 85.1 Å². The molecule has 7 rings (SSSR count). The Bertz CT molecular complexity index is 1890. The lowest BCUT2D eigenvalue weighted by Crippen LogP contribution is -2.62. The third kappa shape index (κ3) is 3.80. The predicted molar refractivity (Wildman–Crippen MR) is 148 cm³/mol. The molecule has 0 N–H and O–H groups in total. The standard InChI is InChI=1S/C30H24FN3O4S/c1-18-16-33(17-18)39(36,37)38-29-28(26-13-11-20(31)15-32-26)34(30(29)35)27-14-25-21-7-3-2-6-19(21)10-12-23(25)22-8-4-5-9-24(22)27/h2-15,18,28-29H,16-17H2,1H3/t28?,29-/m0/s1. The van der Waals surface area contributed by atoms with Crippen molar-refractivity contribution in [2.24, 2.45) is 5.92 Å². The summed E-state index contributed by atoms with van der Waals surface area (Å²) in [4.78, 5) is 19.5. The molecule has 5 aromatic rings. The molecule has 9 heteroatoms. The minimum absolute atomic E-state index is 0.227. The quantitative estimate of drug-likeness (QED) is 0.221. The van der Waals surface area contributed by atoms with Crippen LogP contribution in [0, 0.1) is 11.7 Å². The van der Waals surface area contributed by atoms with Crippen LogP contribution in [0.3, 0.4) is 0 Å². The zero-order valence-corrected chi connectivity index (χ0v) is 21.8. The number of rotatable bonds is 5. The van der Waals surface area contributed by atoms with Gasteiger partial charge in [-0.3, -0.25) is 14.7 Å². The van der Waals surface area contributed by atoms with Gasteiger partial charge in [-0.25, -0.2) is 8.57 Å². The van der Waals surface area contributed by atoms with Crippen LogP contribution in [0.5, 0.6) is 0 Å². The summed E-state index contributed by atoms with van der Waals surface area (Å²) in [6.07, 6.45) is -0.254. The number of carbonyl (C=O) groups is 1. The molecule has 1 aromatic heterocycles. The molecule has 2 fully saturated rings. The number of carbonyl (C=O) groups excluding carboxylic acids is 1. The van der Waals surface area contributed by atoms with E-state index in [2.05, 4.69) is 17.1 Å². The van der Waals surface area contributed by atoms with Crippen molar-refractivity contribution in [3.8, 4) is 0 Å². The van der Waals surface area contributed by atoms with Gasteiger partial charge in [0, 0.05) is 18.5 Å². The van der Waals surface area contributed by atoms with Gasteiger partial charge < -0.3 is 0 Å². The van der Waals surface area contributed by atoms with Crippen molar-refractivity contribution in [1.82, 2.24) is 9.29 Å². The molecule has 7 nitrogen and oxygen atoms in total. The van der Waals surface area contributed by atoms with Gasteiger partial charge in [0.05, 0.1) is 17.6 Å². The summed E-state index contributed by atoms with van der Waals surface area (Å²) >= 11 is 0. The van der Waals surface area contributed by atoms with Gasteiger partial charge in [0.2, 0.25) is 0 Å². The van der Waals surface area contributed by atoms with Crippen molar-refractivity contribution >= 4 is 54.2 Å².